The van der Waals surface area contributed by atoms with Crippen molar-refractivity contribution in [2.24, 2.45) is 0 Å². The first kappa shape index (κ1) is 20.2. The van der Waals surface area contributed by atoms with Crippen molar-refractivity contribution in [3.05, 3.63) is 19.1 Å². The lowest BCUT2D eigenvalue weighted by molar-refractivity contribution is -0.137. The highest BCUT2D eigenvalue weighted by atomic mass is 16.4. The minimum absolute atomic E-state index is 0.213. The Morgan fingerprint density at radius 1 is 0.952 bits per heavy atom. The van der Waals surface area contributed by atoms with E-state index in [-0.39, 0.29) is 6.10 Å². The van der Waals surface area contributed by atoms with Crippen molar-refractivity contribution in [3.63, 3.8) is 0 Å². The van der Waals surface area contributed by atoms with Gasteiger partial charge in [0.05, 0.1) is 6.10 Å². The lowest BCUT2D eigenvalue weighted by Crippen LogP contribution is -2.04. The molecule has 0 fully saturated rings. The summed E-state index contributed by atoms with van der Waals surface area (Å²) in [5, 5.41) is 18.3. The molecule has 0 aromatic heterocycles. The SMILES string of the molecule is [CH]CCCCCC(O)CC=CCCCCCCCC(=O)O. The molecule has 122 valence electrons. The summed E-state index contributed by atoms with van der Waals surface area (Å²) in [5.41, 5.74) is 0. The van der Waals surface area contributed by atoms with Gasteiger partial charge in [-0.05, 0) is 45.4 Å². The Morgan fingerprint density at radius 2 is 1.62 bits per heavy atom. The Kier molecular flexibility index (Phi) is 14.9. The molecular formula is C18H32O3. The van der Waals surface area contributed by atoms with Gasteiger partial charge in [-0.3, -0.25) is 4.79 Å². The number of allylic oxidation sites excluding steroid dienone is 1. The highest BCUT2D eigenvalue weighted by Gasteiger charge is 2.00. The van der Waals surface area contributed by atoms with Crippen LogP contribution in [0.3, 0.4) is 0 Å². The van der Waals surface area contributed by atoms with E-state index < -0.39 is 5.97 Å². The van der Waals surface area contributed by atoms with Crippen LogP contribution in [0.25, 0.3) is 0 Å². The standard InChI is InChI=1S/C18H32O3/c1-2-3-4-11-14-17(19)15-12-9-7-5-6-8-10-13-16-18(20)21/h1,9,12,17,19H,2-8,10-11,13-16H2,(H,20,21). The summed E-state index contributed by atoms with van der Waals surface area (Å²) in [6.07, 6.45) is 16.2. The lowest BCUT2D eigenvalue weighted by atomic mass is 10.1. The zero-order valence-electron chi connectivity index (χ0n) is 13.3. The van der Waals surface area contributed by atoms with Gasteiger partial charge in [0, 0.05) is 6.42 Å². The lowest BCUT2D eigenvalue weighted by Gasteiger charge is -2.06. The summed E-state index contributed by atoms with van der Waals surface area (Å²) in [7, 11) is 0. The van der Waals surface area contributed by atoms with Crippen molar-refractivity contribution in [2.75, 3.05) is 0 Å². The molecule has 2 N–H and O–H groups in total. The molecule has 0 heterocycles. The van der Waals surface area contributed by atoms with Gasteiger partial charge in [0.2, 0.25) is 0 Å². The predicted molar refractivity (Wildman–Crippen MR) is 87.1 cm³/mol. The van der Waals surface area contributed by atoms with Crippen LogP contribution in [0.15, 0.2) is 12.2 Å². The molecular weight excluding hydrogens is 264 g/mol. The number of carboxylic acid groups (broad SMARTS) is 1. The molecule has 1 atom stereocenters. The summed E-state index contributed by atoms with van der Waals surface area (Å²) in [6, 6.07) is 0. The van der Waals surface area contributed by atoms with E-state index in [1.54, 1.807) is 0 Å². The van der Waals surface area contributed by atoms with Gasteiger partial charge in [0.1, 0.15) is 0 Å². The zero-order valence-corrected chi connectivity index (χ0v) is 13.3. The first-order valence-corrected chi connectivity index (χ1v) is 8.41. The second-order valence-corrected chi connectivity index (χ2v) is 5.70. The first-order valence-electron chi connectivity index (χ1n) is 8.41. The van der Waals surface area contributed by atoms with E-state index in [0.717, 1.165) is 77.0 Å². The predicted octanol–water partition coefficient (Wildman–Crippen LogP) is 4.77. The molecule has 3 heteroatoms. The molecule has 0 bridgehead atoms. The van der Waals surface area contributed by atoms with Crippen molar-refractivity contribution in [3.8, 4) is 0 Å². The van der Waals surface area contributed by atoms with Crippen molar-refractivity contribution < 1.29 is 15.0 Å². The van der Waals surface area contributed by atoms with Gasteiger partial charge < -0.3 is 10.2 Å². The number of aliphatic hydroxyl groups excluding tert-OH is 1. The van der Waals surface area contributed by atoms with Crippen molar-refractivity contribution in [1.29, 1.82) is 0 Å². The van der Waals surface area contributed by atoms with E-state index in [4.69, 9.17) is 12.0 Å². The third kappa shape index (κ3) is 17.1. The molecule has 0 saturated heterocycles. The number of carboxylic acids is 1. The maximum atomic E-state index is 10.3. The molecule has 0 aliphatic heterocycles. The Hall–Kier alpha value is -0.830. The fraction of sp³-hybridized carbons (Fsp3) is 0.778. The maximum Gasteiger partial charge on any atom is 0.303 e. The minimum Gasteiger partial charge on any atom is -0.481 e. The molecule has 21 heavy (non-hydrogen) atoms. The summed E-state index contributed by atoms with van der Waals surface area (Å²) >= 11 is 0. The molecule has 0 aliphatic rings. The minimum atomic E-state index is -0.695. The topological polar surface area (TPSA) is 57.5 Å². The average molecular weight is 296 g/mol. The third-order valence-electron chi connectivity index (χ3n) is 3.58. The number of rotatable bonds is 15. The van der Waals surface area contributed by atoms with Crippen molar-refractivity contribution >= 4 is 5.97 Å². The number of aliphatic hydroxyl groups is 1. The molecule has 0 amide bonds. The van der Waals surface area contributed by atoms with E-state index in [0.29, 0.717) is 6.42 Å². The fourth-order valence-corrected chi connectivity index (χ4v) is 2.26. The number of carbonyl (C=O) groups is 1. The van der Waals surface area contributed by atoms with Crippen LogP contribution >= 0.6 is 0 Å². The van der Waals surface area contributed by atoms with Gasteiger partial charge in [-0.2, -0.15) is 0 Å². The third-order valence-corrected chi connectivity index (χ3v) is 3.58. The van der Waals surface area contributed by atoms with Gasteiger partial charge in [-0.1, -0.05) is 50.7 Å². The van der Waals surface area contributed by atoms with Crippen LogP contribution in [0.1, 0.15) is 83.5 Å². The maximum absolute atomic E-state index is 10.3. The van der Waals surface area contributed by atoms with Gasteiger partial charge in [-0.25, -0.2) is 0 Å². The number of hydrogen-bond donors (Lipinski definition) is 2. The van der Waals surface area contributed by atoms with Crippen LogP contribution < -0.4 is 0 Å². The molecule has 0 aromatic rings. The molecule has 3 nitrogen and oxygen atoms in total. The van der Waals surface area contributed by atoms with E-state index in [1.165, 1.54) is 0 Å². The monoisotopic (exact) mass is 296 g/mol. The molecule has 0 saturated carbocycles. The Morgan fingerprint density at radius 3 is 2.33 bits per heavy atom. The second kappa shape index (κ2) is 15.6. The van der Waals surface area contributed by atoms with Gasteiger partial charge >= 0.3 is 5.97 Å². The molecule has 0 aromatic carbocycles. The quantitative estimate of drug-likeness (QED) is 0.338. The smallest absolute Gasteiger partial charge is 0.303 e. The van der Waals surface area contributed by atoms with E-state index in [9.17, 15) is 9.90 Å². The Balaban J connectivity index is 3.26. The highest BCUT2D eigenvalue weighted by molar-refractivity contribution is 5.66. The Bertz CT molecular complexity index is 261. The molecule has 0 spiro atoms. The normalized spacial score (nSPS) is 12.9. The van der Waals surface area contributed by atoms with Crippen molar-refractivity contribution in [2.45, 2.75) is 89.6 Å². The van der Waals surface area contributed by atoms with Crippen LogP contribution in [0, 0.1) is 6.92 Å². The van der Waals surface area contributed by atoms with Crippen LogP contribution in [-0.2, 0) is 4.79 Å². The largest absolute Gasteiger partial charge is 0.481 e. The zero-order chi connectivity index (χ0) is 15.8. The van der Waals surface area contributed by atoms with Crippen LogP contribution in [0.4, 0.5) is 0 Å². The number of aliphatic carboxylic acids is 1. The second-order valence-electron chi connectivity index (χ2n) is 5.70. The summed E-state index contributed by atoms with van der Waals surface area (Å²) in [4.78, 5) is 10.3. The van der Waals surface area contributed by atoms with Gasteiger partial charge in [-0.15, -0.1) is 0 Å². The highest BCUT2D eigenvalue weighted by Crippen LogP contribution is 2.10. The van der Waals surface area contributed by atoms with Crippen LogP contribution in [-0.4, -0.2) is 22.3 Å². The van der Waals surface area contributed by atoms with Gasteiger partial charge in [0.25, 0.3) is 0 Å². The molecule has 0 rings (SSSR count). The molecule has 2 radical (unpaired) electrons. The van der Waals surface area contributed by atoms with E-state index >= 15 is 0 Å². The number of hydrogen-bond acceptors (Lipinski definition) is 2. The summed E-state index contributed by atoms with van der Waals surface area (Å²) in [6.45, 7) is 5.42. The first-order chi connectivity index (χ1) is 10.2. The molecule has 0 aliphatic carbocycles. The van der Waals surface area contributed by atoms with Crippen LogP contribution in [0.2, 0.25) is 0 Å². The van der Waals surface area contributed by atoms with E-state index in [2.05, 4.69) is 12.2 Å². The summed E-state index contributed by atoms with van der Waals surface area (Å²) < 4.78 is 0. The van der Waals surface area contributed by atoms with Gasteiger partial charge in [0.15, 0.2) is 0 Å². The fourth-order valence-electron chi connectivity index (χ4n) is 2.26. The number of unbranched alkanes of at least 4 members (excludes halogenated alkanes) is 8. The molecule has 1 unspecified atom stereocenters. The van der Waals surface area contributed by atoms with Crippen LogP contribution in [0.5, 0.6) is 0 Å². The summed E-state index contributed by atoms with van der Waals surface area (Å²) in [5.74, 6) is -0.695. The van der Waals surface area contributed by atoms with E-state index in [1.807, 2.05) is 0 Å². The average Bonchev–Trinajstić information content (AvgIpc) is 2.45. The Labute approximate surface area is 130 Å². The van der Waals surface area contributed by atoms with Crippen molar-refractivity contribution in [1.82, 2.24) is 0 Å².